The van der Waals surface area contributed by atoms with Gasteiger partial charge in [0.25, 0.3) is 0 Å². The molecular weight excluding hydrogens is 250 g/mol. The van der Waals surface area contributed by atoms with E-state index in [2.05, 4.69) is 15.3 Å². The van der Waals surface area contributed by atoms with Crippen LogP contribution in [0.3, 0.4) is 0 Å². The average molecular weight is 270 g/mol. The Bertz CT molecular complexity index is 425. The van der Waals surface area contributed by atoms with Gasteiger partial charge in [-0.15, -0.1) is 0 Å². The maximum absolute atomic E-state index is 10.1. The third-order valence-corrected chi connectivity index (χ3v) is 3.87. The molecule has 1 aromatic rings. The molecule has 2 atom stereocenters. The van der Waals surface area contributed by atoms with Crippen molar-refractivity contribution in [3.63, 3.8) is 0 Å². The van der Waals surface area contributed by atoms with Crippen molar-refractivity contribution in [3.05, 3.63) is 16.5 Å². The van der Waals surface area contributed by atoms with E-state index in [0.29, 0.717) is 11.0 Å². The Labute approximate surface area is 113 Å². The highest BCUT2D eigenvalue weighted by Crippen LogP contribution is 2.25. The number of nitrogens with zero attached hydrogens (tertiary/aromatic N) is 2. The van der Waals surface area contributed by atoms with E-state index in [0.717, 1.165) is 37.1 Å². The van der Waals surface area contributed by atoms with Crippen LogP contribution in [0.25, 0.3) is 0 Å². The molecule has 0 radical (unpaired) electrons. The molecule has 5 heteroatoms. The van der Waals surface area contributed by atoms with Crippen molar-refractivity contribution in [1.29, 1.82) is 0 Å². The Balaban J connectivity index is 2.17. The number of rotatable bonds is 2. The van der Waals surface area contributed by atoms with Crippen molar-refractivity contribution >= 4 is 17.4 Å². The highest BCUT2D eigenvalue weighted by Gasteiger charge is 2.22. The molecule has 0 aromatic carbocycles. The third kappa shape index (κ3) is 3.12. The first kappa shape index (κ1) is 13.6. The smallest absolute Gasteiger partial charge is 0.137 e. The van der Waals surface area contributed by atoms with Crippen LogP contribution in [0.15, 0.2) is 0 Å². The van der Waals surface area contributed by atoms with E-state index >= 15 is 0 Å². The van der Waals surface area contributed by atoms with Gasteiger partial charge in [-0.25, -0.2) is 9.97 Å². The molecule has 0 spiro atoms. The normalized spacial score (nSPS) is 24.7. The van der Waals surface area contributed by atoms with Crippen LogP contribution in [0.5, 0.6) is 0 Å². The largest absolute Gasteiger partial charge is 0.391 e. The lowest BCUT2D eigenvalue weighted by Gasteiger charge is -2.23. The number of aliphatic hydroxyl groups excluding tert-OH is 1. The summed E-state index contributed by atoms with van der Waals surface area (Å²) in [6.45, 7) is 3.72. The van der Waals surface area contributed by atoms with Crippen molar-refractivity contribution < 1.29 is 5.11 Å². The van der Waals surface area contributed by atoms with Gasteiger partial charge in [0.05, 0.1) is 12.1 Å². The molecule has 1 saturated carbocycles. The van der Waals surface area contributed by atoms with E-state index in [4.69, 9.17) is 11.6 Å². The van der Waals surface area contributed by atoms with E-state index in [9.17, 15) is 5.11 Å². The maximum Gasteiger partial charge on any atom is 0.137 e. The molecule has 100 valence electrons. The van der Waals surface area contributed by atoms with Gasteiger partial charge < -0.3 is 10.4 Å². The number of aromatic nitrogens is 2. The van der Waals surface area contributed by atoms with Gasteiger partial charge in [0, 0.05) is 5.56 Å². The lowest BCUT2D eigenvalue weighted by molar-refractivity contribution is 0.144. The summed E-state index contributed by atoms with van der Waals surface area (Å²) in [6.07, 6.45) is 4.96. The fourth-order valence-corrected chi connectivity index (χ4v) is 2.58. The summed E-state index contributed by atoms with van der Waals surface area (Å²) >= 11 is 6.05. The van der Waals surface area contributed by atoms with Gasteiger partial charge in [0.2, 0.25) is 0 Å². The molecule has 18 heavy (non-hydrogen) atoms. The summed E-state index contributed by atoms with van der Waals surface area (Å²) < 4.78 is 0. The molecular formula is C13H20ClN3O. The van der Waals surface area contributed by atoms with Crippen molar-refractivity contribution in [1.82, 2.24) is 9.97 Å². The number of aliphatic hydroxyl groups is 1. The first-order valence-corrected chi connectivity index (χ1v) is 6.91. The van der Waals surface area contributed by atoms with E-state index in [1.54, 1.807) is 0 Å². The fourth-order valence-electron chi connectivity index (χ4n) is 2.37. The van der Waals surface area contributed by atoms with Crippen molar-refractivity contribution in [2.45, 2.75) is 58.1 Å². The molecule has 0 saturated heterocycles. The monoisotopic (exact) mass is 269 g/mol. The standard InChI is InChI=1S/C13H20ClN3O/c1-8-12(14)15-9(2)16-13(8)17-10-6-4-3-5-7-11(10)18/h10-11,18H,3-7H2,1-2H3,(H,15,16,17). The van der Waals surface area contributed by atoms with Crippen LogP contribution in [0.2, 0.25) is 5.15 Å². The zero-order valence-electron chi connectivity index (χ0n) is 10.9. The molecule has 2 rings (SSSR count). The predicted octanol–water partition coefficient (Wildman–Crippen LogP) is 2.85. The van der Waals surface area contributed by atoms with E-state index in [1.807, 2.05) is 13.8 Å². The predicted molar refractivity (Wildman–Crippen MR) is 73.0 cm³/mol. The Morgan fingerprint density at radius 1 is 1.17 bits per heavy atom. The molecule has 0 bridgehead atoms. The number of anilines is 1. The van der Waals surface area contributed by atoms with Crippen LogP contribution in [0.4, 0.5) is 5.82 Å². The maximum atomic E-state index is 10.1. The van der Waals surface area contributed by atoms with Crippen LogP contribution in [-0.4, -0.2) is 27.2 Å². The number of halogens is 1. The summed E-state index contributed by atoms with van der Waals surface area (Å²) in [4.78, 5) is 8.49. The minimum Gasteiger partial charge on any atom is -0.391 e. The van der Waals surface area contributed by atoms with E-state index in [1.165, 1.54) is 6.42 Å². The third-order valence-electron chi connectivity index (χ3n) is 3.50. The first-order valence-electron chi connectivity index (χ1n) is 6.53. The molecule has 2 unspecified atom stereocenters. The Morgan fingerprint density at radius 2 is 1.89 bits per heavy atom. The van der Waals surface area contributed by atoms with Crippen molar-refractivity contribution in [3.8, 4) is 0 Å². The SMILES string of the molecule is Cc1nc(Cl)c(C)c(NC2CCCCCC2O)n1. The second kappa shape index (κ2) is 5.85. The summed E-state index contributed by atoms with van der Waals surface area (Å²) in [6, 6.07) is 0.0663. The van der Waals surface area contributed by atoms with Crippen molar-refractivity contribution in [2.24, 2.45) is 0 Å². The zero-order chi connectivity index (χ0) is 13.1. The second-order valence-corrected chi connectivity index (χ2v) is 5.35. The minimum absolute atomic E-state index is 0.0663. The Hall–Kier alpha value is -0.870. The van der Waals surface area contributed by atoms with Gasteiger partial charge in [-0.05, 0) is 26.7 Å². The van der Waals surface area contributed by atoms with E-state index < -0.39 is 0 Å². The number of hydrogen-bond donors (Lipinski definition) is 2. The van der Waals surface area contributed by atoms with E-state index in [-0.39, 0.29) is 12.1 Å². The molecule has 2 N–H and O–H groups in total. The first-order chi connectivity index (χ1) is 8.58. The number of aryl methyl sites for hydroxylation is 1. The summed E-state index contributed by atoms with van der Waals surface area (Å²) in [7, 11) is 0. The van der Waals surface area contributed by atoms with Crippen LogP contribution >= 0.6 is 11.6 Å². The highest BCUT2D eigenvalue weighted by molar-refractivity contribution is 6.30. The Kier molecular flexibility index (Phi) is 4.40. The topological polar surface area (TPSA) is 58.0 Å². The fraction of sp³-hybridized carbons (Fsp3) is 0.692. The van der Waals surface area contributed by atoms with Gasteiger partial charge >= 0.3 is 0 Å². The van der Waals surface area contributed by atoms with Gasteiger partial charge in [-0.2, -0.15) is 0 Å². The van der Waals surface area contributed by atoms with Gasteiger partial charge in [-0.3, -0.25) is 0 Å². The van der Waals surface area contributed by atoms with Gasteiger partial charge in [0.1, 0.15) is 16.8 Å². The van der Waals surface area contributed by atoms with Crippen LogP contribution in [0.1, 0.15) is 43.5 Å². The molecule has 1 aliphatic carbocycles. The zero-order valence-corrected chi connectivity index (χ0v) is 11.7. The molecule has 1 heterocycles. The molecule has 1 fully saturated rings. The lowest BCUT2D eigenvalue weighted by Crippen LogP contribution is -2.33. The average Bonchev–Trinajstić information content (AvgIpc) is 2.51. The summed E-state index contributed by atoms with van der Waals surface area (Å²) in [5, 5.41) is 13.9. The number of nitrogens with one attached hydrogen (secondary N) is 1. The van der Waals surface area contributed by atoms with Crippen LogP contribution in [0, 0.1) is 13.8 Å². The molecule has 0 amide bonds. The molecule has 1 aromatic heterocycles. The van der Waals surface area contributed by atoms with Gasteiger partial charge in [-0.1, -0.05) is 30.9 Å². The lowest BCUT2D eigenvalue weighted by atomic mass is 10.1. The number of hydrogen-bond acceptors (Lipinski definition) is 4. The summed E-state index contributed by atoms with van der Waals surface area (Å²) in [5.74, 6) is 1.40. The highest BCUT2D eigenvalue weighted by atomic mass is 35.5. The molecule has 0 aliphatic heterocycles. The summed E-state index contributed by atoms with van der Waals surface area (Å²) in [5.41, 5.74) is 0.846. The second-order valence-electron chi connectivity index (χ2n) is 4.99. The Morgan fingerprint density at radius 3 is 2.67 bits per heavy atom. The van der Waals surface area contributed by atoms with Crippen LogP contribution < -0.4 is 5.32 Å². The quantitative estimate of drug-likeness (QED) is 0.640. The molecule has 1 aliphatic rings. The minimum atomic E-state index is -0.305. The van der Waals surface area contributed by atoms with Crippen LogP contribution in [-0.2, 0) is 0 Å². The molecule has 4 nitrogen and oxygen atoms in total. The van der Waals surface area contributed by atoms with Crippen molar-refractivity contribution in [2.75, 3.05) is 5.32 Å². The van der Waals surface area contributed by atoms with Gasteiger partial charge in [0.15, 0.2) is 0 Å².